The number of carboxylic acid groups (broad SMARTS) is 1. The highest BCUT2D eigenvalue weighted by atomic mass is 16.4. The van der Waals surface area contributed by atoms with E-state index in [1.54, 1.807) is 17.3 Å². The minimum absolute atomic E-state index is 0.110. The zero-order valence-corrected chi connectivity index (χ0v) is 9.17. The summed E-state index contributed by atoms with van der Waals surface area (Å²) in [5.41, 5.74) is 0.945. The number of aromatic nitrogens is 1. The van der Waals surface area contributed by atoms with Crippen molar-refractivity contribution in [2.24, 2.45) is 0 Å². The molecule has 6 nitrogen and oxygen atoms in total. The van der Waals surface area contributed by atoms with Crippen LogP contribution in [0.1, 0.15) is 5.56 Å². The number of carbonyl (C=O) groups is 2. The minimum Gasteiger partial charge on any atom is -0.480 e. The molecule has 2 heterocycles. The fourth-order valence-electron chi connectivity index (χ4n) is 1.82. The lowest BCUT2D eigenvalue weighted by atomic mass is 10.1. The molecule has 17 heavy (non-hydrogen) atoms. The van der Waals surface area contributed by atoms with E-state index in [9.17, 15) is 9.59 Å². The number of piperazine rings is 1. The first kappa shape index (κ1) is 11.5. The van der Waals surface area contributed by atoms with Crippen LogP contribution in [-0.2, 0) is 16.1 Å². The third-order valence-corrected chi connectivity index (χ3v) is 2.70. The SMILES string of the molecule is O=C1CN(Cc2ccncc2)C(C(=O)O)CN1. The van der Waals surface area contributed by atoms with Gasteiger partial charge in [-0.1, -0.05) is 0 Å². The lowest BCUT2D eigenvalue weighted by Gasteiger charge is -2.32. The van der Waals surface area contributed by atoms with Crippen LogP contribution in [0.2, 0.25) is 0 Å². The van der Waals surface area contributed by atoms with Crippen LogP contribution in [0.4, 0.5) is 0 Å². The molecular weight excluding hydrogens is 222 g/mol. The van der Waals surface area contributed by atoms with E-state index in [-0.39, 0.29) is 19.0 Å². The van der Waals surface area contributed by atoms with Gasteiger partial charge >= 0.3 is 5.97 Å². The number of rotatable bonds is 3. The molecule has 90 valence electrons. The van der Waals surface area contributed by atoms with E-state index in [1.807, 2.05) is 12.1 Å². The number of carbonyl (C=O) groups excluding carboxylic acids is 1. The average Bonchev–Trinajstić information content (AvgIpc) is 2.30. The van der Waals surface area contributed by atoms with E-state index in [0.717, 1.165) is 5.56 Å². The lowest BCUT2D eigenvalue weighted by molar-refractivity contribution is -0.146. The summed E-state index contributed by atoms with van der Waals surface area (Å²) >= 11 is 0. The van der Waals surface area contributed by atoms with Crippen molar-refractivity contribution in [2.75, 3.05) is 13.1 Å². The van der Waals surface area contributed by atoms with Gasteiger partial charge < -0.3 is 10.4 Å². The molecule has 0 saturated carbocycles. The Balaban J connectivity index is 2.10. The van der Waals surface area contributed by atoms with Crippen LogP contribution in [0.15, 0.2) is 24.5 Å². The van der Waals surface area contributed by atoms with Crippen molar-refractivity contribution in [3.63, 3.8) is 0 Å². The van der Waals surface area contributed by atoms with Gasteiger partial charge in [0.15, 0.2) is 0 Å². The second-order valence-electron chi connectivity index (χ2n) is 3.92. The summed E-state index contributed by atoms with van der Waals surface area (Å²) in [4.78, 5) is 27.9. The number of nitrogens with one attached hydrogen (secondary N) is 1. The smallest absolute Gasteiger partial charge is 0.322 e. The van der Waals surface area contributed by atoms with Crippen molar-refractivity contribution in [1.29, 1.82) is 0 Å². The largest absolute Gasteiger partial charge is 0.480 e. The van der Waals surface area contributed by atoms with Gasteiger partial charge in [-0.05, 0) is 17.7 Å². The number of pyridine rings is 1. The molecule has 6 heteroatoms. The van der Waals surface area contributed by atoms with Gasteiger partial charge in [0.05, 0.1) is 6.54 Å². The Kier molecular flexibility index (Phi) is 3.34. The normalized spacial score (nSPS) is 20.9. The van der Waals surface area contributed by atoms with Gasteiger partial charge in [-0.2, -0.15) is 0 Å². The van der Waals surface area contributed by atoms with Gasteiger partial charge in [-0.15, -0.1) is 0 Å². The fraction of sp³-hybridized carbons (Fsp3) is 0.364. The summed E-state index contributed by atoms with van der Waals surface area (Å²) in [6, 6.07) is 2.96. The van der Waals surface area contributed by atoms with E-state index >= 15 is 0 Å². The van der Waals surface area contributed by atoms with Crippen molar-refractivity contribution in [2.45, 2.75) is 12.6 Å². The number of hydrogen-bond acceptors (Lipinski definition) is 4. The second kappa shape index (κ2) is 4.92. The van der Waals surface area contributed by atoms with Crippen LogP contribution in [0.3, 0.4) is 0 Å². The molecule has 1 fully saturated rings. The Morgan fingerprint density at radius 1 is 1.53 bits per heavy atom. The average molecular weight is 235 g/mol. The lowest BCUT2D eigenvalue weighted by Crippen LogP contribution is -2.56. The van der Waals surface area contributed by atoms with E-state index in [4.69, 9.17) is 5.11 Å². The molecule has 2 N–H and O–H groups in total. The molecule has 1 unspecified atom stereocenters. The second-order valence-corrected chi connectivity index (χ2v) is 3.92. The van der Waals surface area contributed by atoms with Gasteiger partial charge in [0, 0.05) is 25.5 Å². The molecule has 1 amide bonds. The van der Waals surface area contributed by atoms with Crippen LogP contribution in [0, 0.1) is 0 Å². The topological polar surface area (TPSA) is 82.5 Å². The summed E-state index contributed by atoms with van der Waals surface area (Å²) < 4.78 is 0. The Hall–Kier alpha value is -1.95. The Bertz CT molecular complexity index is 421. The predicted molar refractivity (Wildman–Crippen MR) is 59.1 cm³/mol. The molecule has 1 saturated heterocycles. The quantitative estimate of drug-likeness (QED) is 0.735. The molecule has 0 bridgehead atoms. The van der Waals surface area contributed by atoms with Crippen LogP contribution in [0.25, 0.3) is 0 Å². The van der Waals surface area contributed by atoms with E-state index < -0.39 is 12.0 Å². The predicted octanol–water partition coefficient (Wildman–Crippen LogP) is -0.533. The maximum Gasteiger partial charge on any atom is 0.322 e. The van der Waals surface area contributed by atoms with E-state index in [2.05, 4.69) is 10.3 Å². The van der Waals surface area contributed by atoms with Crippen molar-refractivity contribution < 1.29 is 14.7 Å². The summed E-state index contributed by atoms with van der Waals surface area (Å²) in [6.45, 7) is 0.700. The Morgan fingerprint density at radius 2 is 2.24 bits per heavy atom. The summed E-state index contributed by atoms with van der Waals surface area (Å²) in [5, 5.41) is 11.6. The van der Waals surface area contributed by atoms with Crippen LogP contribution >= 0.6 is 0 Å². The third kappa shape index (κ3) is 2.79. The molecule has 1 atom stereocenters. The number of carboxylic acids is 1. The van der Waals surface area contributed by atoms with Crippen molar-refractivity contribution in [3.8, 4) is 0 Å². The highest BCUT2D eigenvalue weighted by Gasteiger charge is 2.31. The third-order valence-electron chi connectivity index (χ3n) is 2.70. The molecule has 1 aromatic heterocycles. The first-order valence-corrected chi connectivity index (χ1v) is 5.29. The van der Waals surface area contributed by atoms with E-state index in [1.165, 1.54) is 0 Å². The molecule has 1 aliphatic rings. The summed E-state index contributed by atoms with van der Waals surface area (Å²) in [6.07, 6.45) is 3.30. The van der Waals surface area contributed by atoms with Crippen molar-refractivity contribution in [1.82, 2.24) is 15.2 Å². The highest BCUT2D eigenvalue weighted by molar-refractivity contribution is 5.83. The van der Waals surface area contributed by atoms with Crippen molar-refractivity contribution in [3.05, 3.63) is 30.1 Å². The zero-order valence-electron chi connectivity index (χ0n) is 9.17. The van der Waals surface area contributed by atoms with Gasteiger partial charge in [0.25, 0.3) is 0 Å². The number of hydrogen-bond donors (Lipinski definition) is 2. The molecule has 2 rings (SSSR count). The molecule has 0 radical (unpaired) electrons. The number of amides is 1. The molecule has 0 spiro atoms. The minimum atomic E-state index is -0.918. The zero-order chi connectivity index (χ0) is 12.3. The van der Waals surface area contributed by atoms with Crippen LogP contribution in [-0.4, -0.2) is 46.0 Å². The number of nitrogens with zero attached hydrogens (tertiary/aromatic N) is 2. The highest BCUT2D eigenvalue weighted by Crippen LogP contribution is 2.10. The molecule has 1 aliphatic heterocycles. The fourth-order valence-corrected chi connectivity index (χ4v) is 1.82. The maximum absolute atomic E-state index is 11.3. The van der Waals surface area contributed by atoms with Crippen LogP contribution < -0.4 is 5.32 Å². The Labute approximate surface area is 98.3 Å². The standard InChI is InChI=1S/C11H13N3O3/c15-10-7-14(9(5-13-10)11(16)17)6-8-1-3-12-4-2-8/h1-4,9H,5-7H2,(H,13,15)(H,16,17). The van der Waals surface area contributed by atoms with Crippen LogP contribution in [0.5, 0.6) is 0 Å². The molecule has 1 aromatic rings. The summed E-state index contributed by atoms with van der Waals surface area (Å²) in [7, 11) is 0. The molecular formula is C11H13N3O3. The number of aliphatic carboxylic acids is 1. The first-order chi connectivity index (χ1) is 8.16. The summed E-state index contributed by atoms with van der Waals surface area (Å²) in [5.74, 6) is -1.06. The van der Waals surface area contributed by atoms with Gasteiger partial charge in [-0.3, -0.25) is 19.5 Å². The molecule has 0 aromatic carbocycles. The van der Waals surface area contributed by atoms with Gasteiger partial charge in [-0.25, -0.2) is 0 Å². The maximum atomic E-state index is 11.3. The first-order valence-electron chi connectivity index (χ1n) is 5.29. The monoisotopic (exact) mass is 235 g/mol. The Morgan fingerprint density at radius 3 is 2.88 bits per heavy atom. The molecule has 0 aliphatic carbocycles. The van der Waals surface area contributed by atoms with Gasteiger partial charge in [0.2, 0.25) is 5.91 Å². The van der Waals surface area contributed by atoms with Crippen molar-refractivity contribution >= 4 is 11.9 Å². The van der Waals surface area contributed by atoms with E-state index in [0.29, 0.717) is 6.54 Å². The van der Waals surface area contributed by atoms with Gasteiger partial charge in [0.1, 0.15) is 6.04 Å².